The molecule has 0 spiro atoms. The fraction of sp³-hybridized carbons (Fsp3) is 0.100. The lowest BCUT2D eigenvalue weighted by molar-refractivity contribution is 0.102. The van der Waals surface area contributed by atoms with Crippen LogP contribution in [0.3, 0.4) is 0 Å². The summed E-state index contributed by atoms with van der Waals surface area (Å²) in [6, 6.07) is 4.85. The molecule has 0 fully saturated rings. The highest BCUT2D eigenvalue weighted by Crippen LogP contribution is 2.24. The molecular formula is C10H6Cl2N2OS2. The molecule has 0 atom stereocenters. The molecule has 2 rings (SSSR count). The van der Waals surface area contributed by atoms with Crippen LogP contribution in [0.5, 0.6) is 0 Å². The van der Waals surface area contributed by atoms with E-state index in [0.29, 0.717) is 15.6 Å². The Morgan fingerprint density at radius 2 is 2.24 bits per heavy atom. The standard InChI is InChI=1S/C10H6Cl2N2OS2/c11-6-1-2-8(12)7(3-6)9(15)4-16-10-13-5-14-17-10/h1-3,5H,4H2. The molecule has 3 nitrogen and oxygen atoms in total. The van der Waals surface area contributed by atoms with Gasteiger partial charge in [-0.3, -0.25) is 4.79 Å². The number of ketones is 1. The number of aromatic nitrogens is 2. The minimum Gasteiger partial charge on any atom is -0.293 e. The van der Waals surface area contributed by atoms with Gasteiger partial charge in [-0.25, -0.2) is 4.98 Å². The topological polar surface area (TPSA) is 42.9 Å². The van der Waals surface area contributed by atoms with Crippen molar-refractivity contribution in [3.05, 3.63) is 40.1 Å². The number of rotatable bonds is 4. The van der Waals surface area contributed by atoms with Crippen LogP contribution in [0.1, 0.15) is 10.4 Å². The second-order valence-electron chi connectivity index (χ2n) is 3.04. The van der Waals surface area contributed by atoms with E-state index in [2.05, 4.69) is 9.36 Å². The highest BCUT2D eigenvalue weighted by molar-refractivity contribution is 8.01. The van der Waals surface area contributed by atoms with Crippen molar-refractivity contribution in [2.45, 2.75) is 4.34 Å². The maximum absolute atomic E-state index is 11.9. The van der Waals surface area contributed by atoms with E-state index < -0.39 is 0 Å². The van der Waals surface area contributed by atoms with Gasteiger partial charge in [-0.1, -0.05) is 35.0 Å². The van der Waals surface area contributed by atoms with Crippen LogP contribution in [0, 0.1) is 0 Å². The van der Waals surface area contributed by atoms with Gasteiger partial charge in [-0.2, -0.15) is 4.37 Å². The third kappa shape index (κ3) is 3.42. The SMILES string of the molecule is O=C(CSc1ncns1)c1cc(Cl)ccc1Cl. The number of Topliss-reactive ketones (excluding diaryl/α,β-unsaturated/α-hetero) is 1. The molecule has 0 aliphatic carbocycles. The van der Waals surface area contributed by atoms with Crippen molar-refractivity contribution in [1.82, 2.24) is 9.36 Å². The summed E-state index contributed by atoms with van der Waals surface area (Å²) in [7, 11) is 0. The molecule has 0 radical (unpaired) electrons. The largest absolute Gasteiger partial charge is 0.293 e. The van der Waals surface area contributed by atoms with E-state index in [1.165, 1.54) is 29.6 Å². The molecule has 0 aliphatic rings. The summed E-state index contributed by atoms with van der Waals surface area (Å²) in [5.41, 5.74) is 0.441. The smallest absolute Gasteiger partial charge is 0.174 e. The Balaban J connectivity index is 2.07. The molecule has 0 bridgehead atoms. The number of hydrogen-bond donors (Lipinski definition) is 0. The van der Waals surface area contributed by atoms with Crippen molar-refractivity contribution in [2.24, 2.45) is 0 Å². The van der Waals surface area contributed by atoms with Gasteiger partial charge in [0.25, 0.3) is 0 Å². The molecule has 88 valence electrons. The van der Waals surface area contributed by atoms with E-state index in [1.807, 2.05) is 0 Å². The average Bonchev–Trinajstić information content (AvgIpc) is 2.82. The highest BCUT2D eigenvalue weighted by Gasteiger charge is 2.12. The van der Waals surface area contributed by atoms with Gasteiger partial charge < -0.3 is 0 Å². The summed E-state index contributed by atoms with van der Waals surface area (Å²) in [5.74, 6) is 0.201. The Labute approximate surface area is 116 Å². The Kier molecular flexibility index (Phi) is 4.39. The van der Waals surface area contributed by atoms with E-state index >= 15 is 0 Å². The first-order valence-electron chi connectivity index (χ1n) is 4.54. The van der Waals surface area contributed by atoms with Crippen LogP contribution in [0.2, 0.25) is 10.0 Å². The molecule has 0 saturated carbocycles. The van der Waals surface area contributed by atoms with Gasteiger partial charge in [0.05, 0.1) is 10.8 Å². The van der Waals surface area contributed by atoms with Crippen LogP contribution in [0.25, 0.3) is 0 Å². The zero-order valence-corrected chi connectivity index (χ0v) is 11.5. The predicted octanol–water partition coefficient (Wildman–Crippen LogP) is 3.82. The van der Waals surface area contributed by atoms with Crippen molar-refractivity contribution in [1.29, 1.82) is 0 Å². The van der Waals surface area contributed by atoms with E-state index in [1.54, 1.807) is 18.2 Å². The molecule has 0 saturated heterocycles. The summed E-state index contributed by atoms with van der Waals surface area (Å²) in [6.07, 6.45) is 1.46. The number of nitrogens with zero attached hydrogens (tertiary/aromatic N) is 2. The number of thioether (sulfide) groups is 1. The monoisotopic (exact) mass is 304 g/mol. The van der Waals surface area contributed by atoms with Crippen molar-refractivity contribution < 1.29 is 4.79 Å². The molecule has 0 aliphatic heterocycles. The Hall–Kier alpha value is -0.620. The second kappa shape index (κ2) is 5.82. The second-order valence-corrected chi connectivity index (χ2v) is 5.89. The van der Waals surface area contributed by atoms with Crippen molar-refractivity contribution >= 4 is 52.3 Å². The van der Waals surface area contributed by atoms with Crippen LogP contribution in [-0.2, 0) is 0 Å². The lowest BCUT2D eigenvalue weighted by Crippen LogP contribution is -2.03. The predicted molar refractivity (Wildman–Crippen MR) is 71.4 cm³/mol. The average molecular weight is 305 g/mol. The minimum atomic E-state index is -0.0716. The number of benzene rings is 1. The first kappa shape index (κ1) is 12.8. The minimum absolute atomic E-state index is 0.0716. The van der Waals surface area contributed by atoms with Gasteiger partial charge in [0.1, 0.15) is 6.33 Å². The number of carbonyl (C=O) groups is 1. The molecule has 0 unspecified atom stereocenters. The molecule has 7 heteroatoms. The first-order valence-corrected chi connectivity index (χ1v) is 7.06. The van der Waals surface area contributed by atoms with E-state index in [4.69, 9.17) is 23.2 Å². The fourth-order valence-electron chi connectivity index (χ4n) is 1.14. The van der Waals surface area contributed by atoms with Crippen molar-refractivity contribution in [3.8, 4) is 0 Å². The van der Waals surface area contributed by atoms with E-state index in [0.717, 1.165) is 4.34 Å². The Morgan fingerprint density at radius 3 is 2.94 bits per heavy atom. The molecule has 1 aromatic carbocycles. The summed E-state index contributed by atoms with van der Waals surface area (Å²) >= 11 is 14.4. The number of carbonyl (C=O) groups excluding carboxylic acids is 1. The summed E-state index contributed by atoms with van der Waals surface area (Å²) in [4.78, 5) is 15.9. The van der Waals surface area contributed by atoms with Crippen molar-refractivity contribution in [2.75, 3.05) is 5.75 Å². The zero-order valence-electron chi connectivity index (χ0n) is 8.39. The van der Waals surface area contributed by atoms with Crippen LogP contribution >= 0.6 is 46.5 Å². The molecule has 0 N–H and O–H groups in total. The zero-order chi connectivity index (χ0) is 12.3. The van der Waals surface area contributed by atoms with Gasteiger partial charge in [0.15, 0.2) is 10.1 Å². The first-order chi connectivity index (χ1) is 8.16. The van der Waals surface area contributed by atoms with Crippen LogP contribution in [-0.4, -0.2) is 20.9 Å². The summed E-state index contributed by atoms with van der Waals surface area (Å²) in [6.45, 7) is 0. The Bertz CT molecular complexity index is 531. The van der Waals surface area contributed by atoms with E-state index in [-0.39, 0.29) is 11.5 Å². The van der Waals surface area contributed by atoms with E-state index in [9.17, 15) is 4.79 Å². The normalized spacial score (nSPS) is 10.5. The molecular weight excluding hydrogens is 299 g/mol. The van der Waals surface area contributed by atoms with Gasteiger partial charge in [-0.05, 0) is 29.7 Å². The third-order valence-corrected chi connectivity index (χ3v) is 4.26. The number of hydrogen-bond acceptors (Lipinski definition) is 5. The lowest BCUT2D eigenvalue weighted by Gasteiger charge is -2.02. The number of halogens is 2. The molecule has 2 aromatic rings. The van der Waals surface area contributed by atoms with Gasteiger partial charge in [0, 0.05) is 10.6 Å². The fourth-order valence-corrected chi connectivity index (χ4v) is 2.86. The lowest BCUT2D eigenvalue weighted by atomic mass is 10.1. The molecule has 1 aromatic heterocycles. The molecule has 0 amide bonds. The van der Waals surface area contributed by atoms with Crippen LogP contribution in [0.4, 0.5) is 0 Å². The maximum Gasteiger partial charge on any atom is 0.174 e. The summed E-state index contributed by atoms with van der Waals surface area (Å²) in [5, 5.41) is 0.913. The molecule has 17 heavy (non-hydrogen) atoms. The van der Waals surface area contributed by atoms with Crippen LogP contribution in [0.15, 0.2) is 28.9 Å². The molecule has 1 heterocycles. The van der Waals surface area contributed by atoms with Gasteiger partial charge >= 0.3 is 0 Å². The third-order valence-electron chi connectivity index (χ3n) is 1.90. The van der Waals surface area contributed by atoms with Gasteiger partial charge in [0.2, 0.25) is 0 Å². The summed E-state index contributed by atoms with van der Waals surface area (Å²) < 4.78 is 4.62. The quantitative estimate of drug-likeness (QED) is 0.636. The Morgan fingerprint density at radius 1 is 1.41 bits per heavy atom. The van der Waals surface area contributed by atoms with Gasteiger partial charge in [-0.15, -0.1) is 0 Å². The van der Waals surface area contributed by atoms with Crippen LogP contribution < -0.4 is 0 Å². The highest BCUT2D eigenvalue weighted by atomic mass is 35.5. The van der Waals surface area contributed by atoms with Crippen molar-refractivity contribution in [3.63, 3.8) is 0 Å². The maximum atomic E-state index is 11.9.